The number of aryl methyl sites for hydroxylation is 1. The standard InChI is InChI=1S/C17H14ClN5O3S/c1-2-23-8-9(7-19-23)10-3-4-11-17(16(10)18)27-14(20-11)5-12-21-22-13(26-12)6-15(24)25/h3-4,7-8H,2,5-6H2,1H3,(H,24,25). The van der Waals surface area contributed by atoms with Crippen LogP contribution in [0.1, 0.15) is 23.7 Å². The molecular formula is C17H14ClN5O3S. The molecule has 0 amide bonds. The minimum atomic E-state index is -1.02. The molecule has 0 aliphatic rings. The van der Waals surface area contributed by atoms with E-state index < -0.39 is 5.97 Å². The maximum atomic E-state index is 10.7. The fraction of sp³-hybridized carbons (Fsp3) is 0.235. The summed E-state index contributed by atoms with van der Waals surface area (Å²) >= 11 is 8.07. The number of nitrogens with zero attached hydrogens (tertiary/aromatic N) is 5. The Morgan fingerprint density at radius 3 is 2.89 bits per heavy atom. The van der Waals surface area contributed by atoms with Crippen LogP contribution >= 0.6 is 22.9 Å². The van der Waals surface area contributed by atoms with E-state index in [1.54, 1.807) is 6.20 Å². The summed E-state index contributed by atoms with van der Waals surface area (Å²) in [7, 11) is 0. The number of fused-ring (bicyclic) bond motifs is 1. The van der Waals surface area contributed by atoms with Gasteiger partial charge < -0.3 is 9.52 Å². The highest BCUT2D eigenvalue weighted by atomic mass is 35.5. The number of carboxylic acid groups (broad SMARTS) is 1. The quantitative estimate of drug-likeness (QED) is 0.525. The summed E-state index contributed by atoms with van der Waals surface area (Å²) in [6.45, 7) is 2.81. The Morgan fingerprint density at radius 1 is 1.33 bits per heavy atom. The van der Waals surface area contributed by atoms with Crippen LogP contribution in [0.2, 0.25) is 5.02 Å². The highest BCUT2D eigenvalue weighted by molar-refractivity contribution is 7.19. The summed E-state index contributed by atoms with van der Waals surface area (Å²) in [5.41, 5.74) is 2.64. The van der Waals surface area contributed by atoms with Gasteiger partial charge in [-0.1, -0.05) is 17.7 Å². The Morgan fingerprint density at radius 2 is 2.15 bits per heavy atom. The molecule has 0 radical (unpaired) electrons. The number of carboxylic acids is 1. The normalized spacial score (nSPS) is 11.3. The van der Waals surface area contributed by atoms with Crippen LogP contribution in [0.4, 0.5) is 0 Å². The van der Waals surface area contributed by atoms with E-state index in [1.807, 2.05) is 29.9 Å². The monoisotopic (exact) mass is 403 g/mol. The van der Waals surface area contributed by atoms with Crippen LogP contribution in [0.25, 0.3) is 21.3 Å². The van der Waals surface area contributed by atoms with Crippen molar-refractivity contribution in [3.63, 3.8) is 0 Å². The van der Waals surface area contributed by atoms with Crippen molar-refractivity contribution in [2.24, 2.45) is 0 Å². The lowest BCUT2D eigenvalue weighted by molar-refractivity contribution is -0.136. The van der Waals surface area contributed by atoms with Crippen molar-refractivity contribution in [1.29, 1.82) is 0 Å². The zero-order chi connectivity index (χ0) is 19.0. The first-order valence-corrected chi connectivity index (χ1v) is 9.36. The minimum Gasteiger partial charge on any atom is -0.481 e. The number of carbonyl (C=O) groups is 1. The molecule has 3 aromatic heterocycles. The topological polar surface area (TPSA) is 107 Å². The Balaban J connectivity index is 1.63. The van der Waals surface area contributed by atoms with E-state index in [0.29, 0.717) is 17.3 Å². The molecule has 138 valence electrons. The Hall–Kier alpha value is -2.78. The number of rotatable bonds is 6. The van der Waals surface area contributed by atoms with Gasteiger partial charge in [0.1, 0.15) is 11.4 Å². The first-order valence-electron chi connectivity index (χ1n) is 8.17. The summed E-state index contributed by atoms with van der Waals surface area (Å²) in [6.07, 6.45) is 3.77. The van der Waals surface area contributed by atoms with Gasteiger partial charge in [-0.25, -0.2) is 4.98 Å². The molecule has 4 rings (SSSR count). The number of aromatic nitrogens is 5. The fourth-order valence-corrected chi connectivity index (χ4v) is 4.05. The Bertz CT molecular complexity index is 1130. The van der Waals surface area contributed by atoms with Crippen LogP contribution in [-0.4, -0.2) is 36.0 Å². The number of aliphatic carboxylic acids is 1. The zero-order valence-electron chi connectivity index (χ0n) is 14.2. The Kier molecular flexibility index (Phi) is 4.63. The molecule has 0 aliphatic carbocycles. The van der Waals surface area contributed by atoms with Crippen LogP contribution in [0.3, 0.4) is 0 Å². The zero-order valence-corrected chi connectivity index (χ0v) is 15.8. The van der Waals surface area contributed by atoms with Gasteiger partial charge in [-0.05, 0) is 13.0 Å². The number of hydrogen-bond donors (Lipinski definition) is 1. The van der Waals surface area contributed by atoms with E-state index in [2.05, 4.69) is 20.3 Å². The smallest absolute Gasteiger partial charge is 0.312 e. The maximum absolute atomic E-state index is 10.7. The van der Waals surface area contributed by atoms with Gasteiger partial charge in [0, 0.05) is 23.9 Å². The molecule has 0 bridgehead atoms. The summed E-state index contributed by atoms with van der Waals surface area (Å²) in [5, 5.41) is 22.1. The molecule has 4 aromatic rings. The van der Waals surface area contributed by atoms with E-state index in [9.17, 15) is 4.79 Å². The molecule has 0 aliphatic heterocycles. The number of halogens is 1. The van der Waals surface area contributed by atoms with Gasteiger partial charge in [-0.2, -0.15) is 5.10 Å². The van der Waals surface area contributed by atoms with Gasteiger partial charge in [-0.3, -0.25) is 9.48 Å². The van der Waals surface area contributed by atoms with Gasteiger partial charge in [0.25, 0.3) is 0 Å². The first-order chi connectivity index (χ1) is 13.0. The average molecular weight is 404 g/mol. The third kappa shape index (κ3) is 3.56. The van der Waals surface area contributed by atoms with Gasteiger partial charge in [0.05, 0.1) is 27.9 Å². The van der Waals surface area contributed by atoms with Gasteiger partial charge in [0.15, 0.2) is 0 Å². The summed E-state index contributed by atoms with van der Waals surface area (Å²) in [5.74, 6) is -0.617. The molecule has 8 nitrogen and oxygen atoms in total. The number of thiazole rings is 1. The van der Waals surface area contributed by atoms with E-state index in [0.717, 1.165) is 32.9 Å². The van der Waals surface area contributed by atoms with E-state index >= 15 is 0 Å². The molecule has 10 heteroatoms. The molecule has 0 unspecified atom stereocenters. The van der Waals surface area contributed by atoms with Crippen molar-refractivity contribution in [3.05, 3.63) is 46.3 Å². The second-order valence-corrected chi connectivity index (χ2v) is 7.27. The lowest BCUT2D eigenvalue weighted by Crippen LogP contribution is -1.99. The molecule has 0 saturated heterocycles. The van der Waals surface area contributed by atoms with E-state index in [1.165, 1.54) is 11.3 Å². The van der Waals surface area contributed by atoms with Crippen molar-refractivity contribution in [3.8, 4) is 11.1 Å². The van der Waals surface area contributed by atoms with Crippen LogP contribution in [0.15, 0.2) is 28.9 Å². The summed E-state index contributed by atoms with van der Waals surface area (Å²) in [4.78, 5) is 15.3. The van der Waals surface area contributed by atoms with Crippen LogP contribution in [0, 0.1) is 0 Å². The van der Waals surface area contributed by atoms with Gasteiger partial charge >= 0.3 is 5.97 Å². The van der Waals surface area contributed by atoms with Gasteiger partial charge in [0.2, 0.25) is 11.8 Å². The van der Waals surface area contributed by atoms with E-state index in [-0.39, 0.29) is 12.3 Å². The van der Waals surface area contributed by atoms with Gasteiger partial charge in [-0.15, -0.1) is 21.5 Å². The third-order valence-electron chi connectivity index (χ3n) is 3.92. The molecule has 0 saturated carbocycles. The molecule has 0 atom stereocenters. The Labute approximate surface area is 162 Å². The minimum absolute atomic E-state index is 0.0758. The van der Waals surface area contributed by atoms with Crippen LogP contribution in [0.5, 0.6) is 0 Å². The molecule has 3 heterocycles. The van der Waals surface area contributed by atoms with Crippen molar-refractivity contribution >= 4 is 39.1 Å². The lowest BCUT2D eigenvalue weighted by atomic mass is 10.1. The SMILES string of the molecule is CCn1cc(-c2ccc3nc(Cc4nnc(CC(=O)O)o4)sc3c2Cl)cn1. The molecule has 27 heavy (non-hydrogen) atoms. The molecular weight excluding hydrogens is 390 g/mol. The van der Waals surface area contributed by atoms with Crippen molar-refractivity contribution in [2.75, 3.05) is 0 Å². The third-order valence-corrected chi connectivity index (χ3v) is 5.52. The predicted octanol–water partition coefficient (Wildman–Crippen LogP) is 3.43. The van der Waals surface area contributed by atoms with Crippen LogP contribution < -0.4 is 0 Å². The largest absolute Gasteiger partial charge is 0.481 e. The first kappa shape index (κ1) is 17.6. The molecule has 0 fully saturated rings. The second kappa shape index (κ2) is 7.09. The molecule has 1 aromatic carbocycles. The molecule has 1 N–H and O–H groups in total. The number of hydrogen-bond acceptors (Lipinski definition) is 7. The predicted molar refractivity (Wildman–Crippen MR) is 100.0 cm³/mol. The van der Waals surface area contributed by atoms with Crippen molar-refractivity contribution in [2.45, 2.75) is 26.3 Å². The second-order valence-electron chi connectivity index (χ2n) is 5.80. The fourth-order valence-electron chi connectivity index (χ4n) is 2.67. The maximum Gasteiger partial charge on any atom is 0.312 e. The van der Waals surface area contributed by atoms with Crippen LogP contribution in [-0.2, 0) is 24.2 Å². The molecule has 0 spiro atoms. The van der Waals surface area contributed by atoms with Crippen molar-refractivity contribution < 1.29 is 14.3 Å². The highest BCUT2D eigenvalue weighted by Gasteiger charge is 2.16. The highest BCUT2D eigenvalue weighted by Crippen LogP contribution is 2.37. The number of benzene rings is 1. The lowest BCUT2D eigenvalue weighted by Gasteiger charge is -2.01. The summed E-state index contributed by atoms with van der Waals surface area (Å²) in [6, 6.07) is 3.85. The summed E-state index contributed by atoms with van der Waals surface area (Å²) < 4.78 is 8.07. The average Bonchev–Trinajstić information content (AvgIpc) is 3.35. The van der Waals surface area contributed by atoms with Crippen molar-refractivity contribution in [1.82, 2.24) is 25.0 Å². The van der Waals surface area contributed by atoms with E-state index in [4.69, 9.17) is 21.1 Å².